The number of halogens is 5. The SMILES string of the molecule is OC1(C2CCCCC2)COC(O)(C(F)(F)F)C1(F)F. The van der Waals surface area contributed by atoms with Crippen LogP contribution in [0.5, 0.6) is 0 Å². The molecule has 0 amide bonds. The average Bonchev–Trinajstić information content (AvgIpc) is 2.52. The Morgan fingerprint density at radius 2 is 1.53 bits per heavy atom. The van der Waals surface area contributed by atoms with Crippen LogP contribution in [-0.4, -0.2) is 40.3 Å². The highest BCUT2D eigenvalue weighted by Crippen LogP contribution is 2.57. The molecule has 0 spiro atoms. The van der Waals surface area contributed by atoms with E-state index in [1.807, 2.05) is 0 Å². The van der Waals surface area contributed by atoms with E-state index < -0.39 is 36.0 Å². The van der Waals surface area contributed by atoms with E-state index >= 15 is 0 Å². The van der Waals surface area contributed by atoms with Crippen LogP contribution >= 0.6 is 0 Å². The van der Waals surface area contributed by atoms with Crippen molar-refractivity contribution in [2.75, 3.05) is 6.61 Å². The Balaban J connectivity index is 2.34. The Morgan fingerprint density at radius 3 is 1.95 bits per heavy atom. The predicted octanol–water partition coefficient (Wildman–Crippen LogP) is 2.21. The standard InChI is InChI=1S/C11H15F5O3/c12-9(13)8(17,7-4-2-1-3-5-7)6-19-10(9,18)11(14,15)16/h7,17-18H,1-6H2. The molecule has 2 rings (SSSR count). The molecule has 0 radical (unpaired) electrons. The van der Waals surface area contributed by atoms with Gasteiger partial charge in [0.05, 0.1) is 6.61 Å². The van der Waals surface area contributed by atoms with Gasteiger partial charge in [0.2, 0.25) is 0 Å². The van der Waals surface area contributed by atoms with E-state index in [2.05, 4.69) is 4.74 Å². The molecule has 1 aliphatic carbocycles. The van der Waals surface area contributed by atoms with Crippen LogP contribution in [0.25, 0.3) is 0 Å². The lowest BCUT2D eigenvalue weighted by Crippen LogP contribution is -2.65. The molecular formula is C11H15F5O3. The van der Waals surface area contributed by atoms with Gasteiger partial charge in [0, 0.05) is 0 Å². The first kappa shape index (κ1) is 14.9. The van der Waals surface area contributed by atoms with Crippen molar-refractivity contribution in [2.24, 2.45) is 5.92 Å². The van der Waals surface area contributed by atoms with Crippen LogP contribution in [0.15, 0.2) is 0 Å². The molecule has 0 aromatic carbocycles. The van der Waals surface area contributed by atoms with Crippen LogP contribution < -0.4 is 0 Å². The van der Waals surface area contributed by atoms with Crippen molar-refractivity contribution in [2.45, 2.75) is 55.6 Å². The first-order valence-corrected chi connectivity index (χ1v) is 6.09. The average molecular weight is 290 g/mol. The fourth-order valence-electron chi connectivity index (χ4n) is 2.90. The Labute approximate surface area is 106 Å². The van der Waals surface area contributed by atoms with Gasteiger partial charge in [-0.3, -0.25) is 0 Å². The lowest BCUT2D eigenvalue weighted by molar-refractivity contribution is -0.411. The van der Waals surface area contributed by atoms with Gasteiger partial charge in [-0.1, -0.05) is 19.3 Å². The van der Waals surface area contributed by atoms with E-state index in [1.54, 1.807) is 0 Å². The van der Waals surface area contributed by atoms with Crippen molar-refractivity contribution in [3.63, 3.8) is 0 Å². The molecule has 0 aromatic heterocycles. The van der Waals surface area contributed by atoms with Gasteiger partial charge in [0.1, 0.15) is 0 Å². The third kappa shape index (κ3) is 1.87. The molecule has 2 unspecified atom stereocenters. The number of rotatable bonds is 1. The summed E-state index contributed by atoms with van der Waals surface area (Å²) in [7, 11) is 0. The number of ether oxygens (including phenoxy) is 1. The molecule has 1 aliphatic heterocycles. The van der Waals surface area contributed by atoms with Gasteiger partial charge in [-0.15, -0.1) is 0 Å². The second-order valence-corrected chi connectivity index (χ2v) is 5.26. The summed E-state index contributed by atoms with van der Waals surface area (Å²) in [6.45, 7) is -1.22. The number of hydrogen-bond donors (Lipinski definition) is 2. The minimum Gasteiger partial charge on any atom is -0.381 e. The van der Waals surface area contributed by atoms with E-state index in [0.29, 0.717) is 12.8 Å². The van der Waals surface area contributed by atoms with Crippen LogP contribution in [0.3, 0.4) is 0 Å². The molecule has 19 heavy (non-hydrogen) atoms. The van der Waals surface area contributed by atoms with Crippen molar-refractivity contribution >= 4 is 0 Å². The Kier molecular flexibility index (Phi) is 3.35. The second-order valence-electron chi connectivity index (χ2n) is 5.26. The molecule has 8 heteroatoms. The van der Waals surface area contributed by atoms with Gasteiger partial charge in [-0.05, 0) is 18.8 Å². The van der Waals surface area contributed by atoms with Gasteiger partial charge >= 0.3 is 17.9 Å². The van der Waals surface area contributed by atoms with Gasteiger partial charge in [-0.25, -0.2) is 0 Å². The molecule has 3 nitrogen and oxygen atoms in total. The zero-order valence-corrected chi connectivity index (χ0v) is 10.0. The Bertz CT molecular complexity index is 353. The molecule has 2 atom stereocenters. The summed E-state index contributed by atoms with van der Waals surface area (Å²) >= 11 is 0. The fourth-order valence-corrected chi connectivity index (χ4v) is 2.90. The number of aliphatic hydroxyl groups is 2. The van der Waals surface area contributed by atoms with E-state index in [4.69, 9.17) is 5.11 Å². The molecule has 2 fully saturated rings. The highest BCUT2D eigenvalue weighted by Gasteiger charge is 2.83. The third-order valence-corrected chi connectivity index (χ3v) is 4.14. The maximum absolute atomic E-state index is 14.0. The zero-order chi connectivity index (χ0) is 14.5. The fraction of sp³-hybridized carbons (Fsp3) is 1.00. The molecule has 1 saturated carbocycles. The molecule has 2 aliphatic rings. The summed E-state index contributed by atoms with van der Waals surface area (Å²) in [5, 5.41) is 19.2. The summed E-state index contributed by atoms with van der Waals surface area (Å²) < 4.78 is 69.6. The molecule has 1 heterocycles. The maximum Gasteiger partial charge on any atom is 0.449 e. The zero-order valence-electron chi connectivity index (χ0n) is 10.0. The largest absolute Gasteiger partial charge is 0.449 e. The first-order chi connectivity index (χ1) is 8.56. The summed E-state index contributed by atoms with van der Waals surface area (Å²) in [6, 6.07) is 0. The van der Waals surface area contributed by atoms with E-state index in [1.165, 1.54) is 0 Å². The van der Waals surface area contributed by atoms with Gasteiger partial charge in [0.15, 0.2) is 5.60 Å². The lowest BCUT2D eigenvalue weighted by atomic mass is 9.73. The van der Waals surface area contributed by atoms with Crippen molar-refractivity contribution < 1.29 is 36.9 Å². The first-order valence-electron chi connectivity index (χ1n) is 6.09. The monoisotopic (exact) mass is 290 g/mol. The minimum atomic E-state index is -5.67. The van der Waals surface area contributed by atoms with E-state index in [-0.39, 0.29) is 12.8 Å². The van der Waals surface area contributed by atoms with Crippen molar-refractivity contribution in [3.05, 3.63) is 0 Å². The second kappa shape index (κ2) is 4.26. The normalized spacial score (nSPS) is 40.6. The van der Waals surface area contributed by atoms with E-state index in [0.717, 1.165) is 6.42 Å². The van der Waals surface area contributed by atoms with Crippen LogP contribution in [0.1, 0.15) is 32.1 Å². The summed E-state index contributed by atoms with van der Waals surface area (Å²) in [6.07, 6.45) is -3.36. The summed E-state index contributed by atoms with van der Waals surface area (Å²) in [4.78, 5) is 0. The van der Waals surface area contributed by atoms with E-state index in [9.17, 15) is 27.1 Å². The highest BCUT2D eigenvalue weighted by atomic mass is 19.4. The van der Waals surface area contributed by atoms with Gasteiger partial charge in [-0.2, -0.15) is 22.0 Å². The summed E-state index contributed by atoms with van der Waals surface area (Å²) in [5.41, 5.74) is -2.97. The van der Waals surface area contributed by atoms with Crippen molar-refractivity contribution in [3.8, 4) is 0 Å². The van der Waals surface area contributed by atoms with Crippen molar-refractivity contribution in [1.82, 2.24) is 0 Å². The lowest BCUT2D eigenvalue weighted by Gasteiger charge is -2.40. The smallest absolute Gasteiger partial charge is 0.381 e. The Hall–Kier alpha value is -0.470. The van der Waals surface area contributed by atoms with Crippen molar-refractivity contribution in [1.29, 1.82) is 0 Å². The molecule has 0 bridgehead atoms. The van der Waals surface area contributed by atoms with Crippen LogP contribution in [-0.2, 0) is 4.74 Å². The van der Waals surface area contributed by atoms with Crippen LogP contribution in [0, 0.1) is 5.92 Å². The quantitative estimate of drug-likeness (QED) is 0.728. The number of hydrogen-bond acceptors (Lipinski definition) is 3. The highest BCUT2D eigenvalue weighted by molar-refractivity contribution is 5.13. The summed E-state index contributed by atoms with van der Waals surface area (Å²) in [5.74, 6) is -10.4. The van der Waals surface area contributed by atoms with Crippen LogP contribution in [0.4, 0.5) is 22.0 Å². The van der Waals surface area contributed by atoms with Crippen LogP contribution in [0.2, 0.25) is 0 Å². The van der Waals surface area contributed by atoms with Gasteiger partial charge < -0.3 is 14.9 Å². The maximum atomic E-state index is 14.0. The molecule has 0 aromatic rings. The molecule has 112 valence electrons. The number of alkyl halides is 5. The molecule has 2 N–H and O–H groups in total. The topological polar surface area (TPSA) is 49.7 Å². The molecular weight excluding hydrogens is 275 g/mol. The predicted molar refractivity (Wildman–Crippen MR) is 53.4 cm³/mol. The Morgan fingerprint density at radius 1 is 1.00 bits per heavy atom. The minimum absolute atomic E-state index is 0.198. The third-order valence-electron chi connectivity index (χ3n) is 4.14. The van der Waals surface area contributed by atoms with Gasteiger partial charge in [0.25, 0.3) is 0 Å². The molecule has 1 saturated heterocycles.